The average molecular weight is 257 g/mol. The third-order valence-electron chi connectivity index (χ3n) is 3.35. The summed E-state index contributed by atoms with van der Waals surface area (Å²) >= 11 is 0. The van der Waals surface area contributed by atoms with E-state index in [1.54, 1.807) is 0 Å². The minimum atomic E-state index is 0.335. The fourth-order valence-corrected chi connectivity index (χ4v) is 2.64. The molecule has 0 amide bonds. The van der Waals surface area contributed by atoms with Crippen LogP contribution in [0.3, 0.4) is 0 Å². The second kappa shape index (κ2) is 5.08. The highest BCUT2D eigenvalue weighted by molar-refractivity contribution is 5.72. The lowest BCUT2D eigenvalue weighted by atomic mass is 10.1. The highest BCUT2D eigenvalue weighted by Gasteiger charge is 2.17. The van der Waals surface area contributed by atoms with Gasteiger partial charge in [-0.1, -0.05) is 24.1 Å². The molecule has 3 heteroatoms. The summed E-state index contributed by atoms with van der Waals surface area (Å²) in [4.78, 5) is 4.74. The number of anilines is 1. The van der Waals surface area contributed by atoms with Gasteiger partial charge < -0.3 is 10.3 Å². The highest BCUT2D eigenvalue weighted by atomic mass is 15.2. The van der Waals surface area contributed by atoms with Gasteiger partial charge in [-0.25, -0.2) is 4.98 Å². The van der Waals surface area contributed by atoms with E-state index >= 15 is 0 Å². The van der Waals surface area contributed by atoms with Crippen molar-refractivity contribution >= 4 is 5.82 Å². The van der Waals surface area contributed by atoms with E-state index in [2.05, 4.69) is 57.4 Å². The Balaban J connectivity index is 2.62. The lowest BCUT2D eigenvalue weighted by Crippen LogP contribution is -2.08. The van der Waals surface area contributed by atoms with Crippen molar-refractivity contribution in [2.75, 3.05) is 5.73 Å². The lowest BCUT2D eigenvalue weighted by molar-refractivity contribution is 0.579. The van der Waals surface area contributed by atoms with Crippen LogP contribution in [0.5, 0.6) is 0 Å². The number of nitrogens with two attached hydrogens (primary N) is 1. The predicted molar refractivity (Wildman–Crippen MR) is 81.3 cm³/mol. The molecule has 102 valence electrons. The molecule has 0 fully saturated rings. The normalized spacial score (nSPS) is 11.3. The van der Waals surface area contributed by atoms with Gasteiger partial charge in [0.1, 0.15) is 17.3 Å². The molecule has 2 rings (SSSR count). The number of hydrogen-bond donors (Lipinski definition) is 1. The van der Waals surface area contributed by atoms with Gasteiger partial charge >= 0.3 is 0 Å². The van der Waals surface area contributed by atoms with Gasteiger partial charge in [-0.2, -0.15) is 0 Å². The molecular formula is C16H23N3. The van der Waals surface area contributed by atoms with Crippen molar-refractivity contribution in [2.45, 2.75) is 47.1 Å². The van der Waals surface area contributed by atoms with E-state index in [4.69, 9.17) is 10.7 Å². The Bertz CT molecular complexity index is 574. The summed E-state index contributed by atoms with van der Waals surface area (Å²) < 4.78 is 2.13. The molecule has 0 bridgehead atoms. The van der Waals surface area contributed by atoms with Crippen LogP contribution in [0.2, 0.25) is 0 Å². The average Bonchev–Trinajstić information content (AvgIpc) is 2.64. The summed E-state index contributed by atoms with van der Waals surface area (Å²) in [6, 6.07) is 6.80. The van der Waals surface area contributed by atoms with E-state index in [-0.39, 0.29) is 0 Å². The lowest BCUT2D eigenvalue weighted by Gasteiger charge is -2.12. The van der Waals surface area contributed by atoms with E-state index in [0.717, 1.165) is 29.3 Å². The number of aryl methyl sites for hydroxylation is 3. The molecular weight excluding hydrogens is 234 g/mol. The minimum absolute atomic E-state index is 0.335. The van der Waals surface area contributed by atoms with Crippen LogP contribution in [-0.2, 0) is 6.42 Å². The summed E-state index contributed by atoms with van der Waals surface area (Å²) in [5, 5.41) is 0. The van der Waals surface area contributed by atoms with Crippen molar-refractivity contribution in [3.63, 3.8) is 0 Å². The quantitative estimate of drug-likeness (QED) is 0.906. The van der Waals surface area contributed by atoms with Gasteiger partial charge in [-0.05, 0) is 39.8 Å². The third-order valence-corrected chi connectivity index (χ3v) is 3.35. The van der Waals surface area contributed by atoms with Crippen LogP contribution in [0.1, 0.15) is 43.8 Å². The number of rotatable bonds is 3. The van der Waals surface area contributed by atoms with E-state index in [0.29, 0.717) is 6.04 Å². The van der Waals surface area contributed by atoms with Crippen LogP contribution in [0.15, 0.2) is 18.2 Å². The molecule has 2 N–H and O–H groups in total. The van der Waals surface area contributed by atoms with Crippen LogP contribution < -0.4 is 5.73 Å². The zero-order valence-electron chi connectivity index (χ0n) is 12.5. The monoisotopic (exact) mass is 257 g/mol. The van der Waals surface area contributed by atoms with E-state index < -0.39 is 0 Å². The molecule has 0 radical (unpaired) electrons. The maximum atomic E-state index is 6.31. The largest absolute Gasteiger partial charge is 0.383 e. The number of hydrogen-bond acceptors (Lipinski definition) is 2. The summed E-state index contributed by atoms with van der Waals surface area (Å²) in [5.74, 6) is 1.83. The van der Waals surface area contributed by atoms with E-state index in [9.17, 15) is 0 Å². The molecule has 1 aromatic carbocycles. The van der Waals surface area contributed by atoms with Gasteiger partial charge in [0.05, 0.1) is 0 Å². The maximum absolute atomic E-state index is 6.31. The molecule has 1 heterocycles. The molecule has 0 aliphatic carbocycles. The number of imidazole rings is 1. The zero-order chi connectivity index (χ0) is 14.2. The molecule has 2 aromatic rings. The summed E-state index contributed by atoms with van der Waals surface area (Å²) in [7, 11) is 0. The number of aromatic nitrogens is 2. The van der Waals surface area contributed by atoms with E-state index in [1.165, 1.54) is 11.1 Å². The fourth-order valence-electron chi connectivity index (χ4n) is 2.64. The first kappa shape index (κ1) is 13.7. The first-order valence-corrected chi connectivity index (χ1v) is 6.89. The Labute approximate surface area is 115 Å². The van der Waals surface area contributed by atoms with Gasteiger partial charge in [0.25, 0.3) is 0 Å². The molecule has 0 aliphatic heterocycles. The van der Waals surface area contributed by atoms with Crippen molar-refractivity contribution in [1.29, 1.82) is 0 Å². The van der Waals surface area contributed by atoms with Crippen LogP contribution in [-0.4, -0.2) is 9.55 Å². The molecule has 0 aliphatic rings. The zero-order valence-corrected chi connectivity index (χ0v) is 12.5. The van der Waals surface area contributed by atoms with Crippen LogP contribution in [0.4, 0.5) is 5.82 Å². The molecule has 0 unspecified atom stereocenters. The van der Waals surface area contributed by atoms with Gasteiger partial charge in [-0.15, -0.1) is 0 Å². The van der Waals surface area contributed by atoms with Crippen molar-refractivity contribution in [3.8, 4) is 11.3 Å². The summed E-state index contributed by atoms with van der Waals surface area (Å²) in [6.45, 7) is 10.6. The maximum Gasteiger partial charge on any atom is 0.131 e. The molecule has 0 saturated carbocycles. The smallest absolute Gasteiger partial charge is 0.131 e. The number of nitrogen functional groups attached to an aromatic ring is 1. The molecule has 0 saturated heterocycles. The number of nitrogens with zero attached hydrogens (tertiary/aromatic N) is 2. The van der Waals surface area contributed by atoms with Crippen molar-refractivity contribution in [3.05, 3.63) is 35.2 Å². The summed E-state index contributed by atoms with van der Waals surface area (Å²) in [6.07, 6.45) is 0.896. The van der Waals surface area contributed by atoms with Crippen molar-refractivity contribution in [2.24, 2.45) is 0 Å². The molecule has 0 spiro atoms. The Hall–Kier alpha value is -1.77. The molecule has 1 aromatic heterocycles. The SMILES string of the molecule is CCc1nc(-c2cc(C)cc(C)c2)c(N)n1C(C)C. The third kappa shape index (κ3) is 2.50. The first-order valence-electron chi connectivity index (χ1n) is 6.89. The Kier molecular flexibility index (Phi) is 3.65. The Morgan fingerprint density at radius 3 is 2.16 bits per heavy atom. The number of benzene rings is 1. The van der Waals surface area contributed by atoms with Crippen LogP contribution >= 0.6 is 0 Å². The topological polar surface area (TPSA) is 43.8 Å². The first-order chi connectivity index (χ1) is 8.93. The Morgan fingerprint density at radius 2 is 1.74 bits per heavy atom. The van der Waals surface area contributed by atoms with Gasteiger partial charge in [0, 0.05) is 18.0 Å². The van der Waals surface area contributed by atoms with Crippen molar-refractivity contribution < 1.29 is 0 Å². The predicted octanol–water partition coefficient (Wildman–Crippen LogP) is 3.89. The minimum Gasteiger partial charge on any atom is -0.383 e. The van der Waals surface area contributed by atoms with Crippen LogP contribution in [0.25, 0.3) is 11.3 Å². The van der Waals surface area contributed by atoms with Gasteiger partial charge in [-0.3, -0.25) is 0 Å². The molecule has 19 heavy (non-hydrogen) atoms. The molecule has 3 nitrogen and oxygen atoms in total. The highest BCUT2D eigenvalue weighted by Crippen LogP contribution is 2.30. The fraction of sp³-hybridized carbons (Fsp3) is 0.438. The summed E-state index contributed by atoms with van der Waals surface area (Å²) in [5.41, 5.74) is 10.8. The second-order valence-corrected chi connectivity index (χ2v) is 5.46. The van der Waals surface area contributed by atoms with Crippen molar-refractivity contribution in [1.82, 2.24) is 9.55 Å². The Morgan fingerprint density at radius 1 is 1.16 bits per heavy atom. The standard InChI is InChI=1S/C16H23N3/c1-6-14-18-15(16(17)19(14)10(2)3)13-8-11(4)7-12(5)9-13/h7-10H,6,17H2,1-5H3. The van der Waals surface area contributed by atoms with Gasteiger partial charge in [0.15, 0.2) is 0 Å². The molecule has 0 atom stereocenters. The van der Waals surface area contributed by atoms with Crippen LogP contribution in [0, 0.1) is 13.8 Å². The van der Waals surface area contributed by atoms with E-state index in [1.807, 2.05) is 0 Å². The van der Waals surface area contributed by atoms with Gasteiger partial charge in [0.2, 0.25) is 0 Å². The second-order valence-electron chi connectivity index (χ2n) is 5.46.